The molecule has 0 bridgehead atoms. The van der Waals surface area contributed by atoms with Crippen molar-refractivity contribution in [1.82, 2.24) is 14.8 Å². The average molecular weight is 408 g/mol. The second-order valence-corrected chi connectivity index (χ2v) is 7.34. The Morgan fingerprint density at radius 3 is 2.67 bits per heavy atom. The lowest BCUT2D eigenvalue weighted by Crippen LogP contribution is -2.32. The van der Waals surface area contributed by atoms with E-state index in [0.29, 0.717) is 23.3 Å². The van der Waals surface area contributed by atoms with E-state index < -0.39 is 5.76 Å². The van der Waals surface area contributed by atoms with Gasteiger partial charge in [0.25, 0.3) is 0 Å². The molecule has 3 amide bonds. The van der Waals surface area contributed by atoms with E-state index >= 15 is 0 Å². The van der Waals surface area contributed by atoms with Crippen LogP contribution < -0.4 is 16.4 Å². The number of likely N-dealkylation sites (tertiary alicyclic amines) is 1. The molecule has 156 valence electrons. The summed E-state index contributed by atoms with van der Waals surface area (Å²) in [6, 6.07) is 14.5. The number of aryl methyl sites for hydroxylation is 1. The molecule has 0 unspecified atom stereocenters. The summed E-state index contributed by atoms with van der Waals surface area (Å²) in [5.74, 6) is -0.635. The molecule has 0 radical (unpaired) electrons. The lowest BCUT2D eigenvalue weighted by molar-refractivity contribution is -0.121. The monoisotopic (exact) mass is 408 g/mol. The molecule has 0 saturated carbocycles. The number of carbonyl (C=O) groups excluding carboxylic acids is 2. The summed E-state index contributed by atoms with van der Waals surface area (Å²) in [4.78, 5) is 38.3. The molecule has 1 saturated heterocycles. The molecule has 0 atom stereocenters. The standard InChI is InChI=1S/C22H24N4O4/c27-20(10-13-26-18-8-1-2-9-19(18)30-22(26)29)23-15-16-6-5-7-17(14-16)24-21(28)25-11-3-4-12-25/h1-2,5-9,14H,3-4,10-13,15H2,(H,23,27)(H,24,28). The first-order chi connectivity index (χ1) is 14.6. The molecule has 8 nitrogen and oxygen atoms in total. The van der Waals surface area contributed by atoms with Gasteiger partial charge in [-0.2, -0.15) is 0 Å². The number of urea groups is 1. The lowest BCUT2D eigenvalue weighted by atomic mass is 10.2. The van der Waals surface area contributed by atoms with Crippen LogP contribution in [0.1, 0.15) is 24.8 Å². The number of aromatic nitrogens is 1. The first-order valence-corrected chi connectivity index (χ1v) is 10.1. The highest BCUT2D eigenvalue weighted by molar-refractivity contribution is 5.89. The molecule has 4 rings (SSSR count). The fourth-order valence-corrected chi connectivity index (χ4v) is 3.61. The van der Waals surface area contributed by atoms with Crippen LogP contribution in [0.15, 0.2) is 57.7 Å². The van der Waals surface area contributed by atoms with Gasteiger partial charge in [-0.05, 0) is 42.7 Å². The van der Waals surface area contributed by atoms with Crippen molar-refractivity contribution in [3.8, 4) is 0 Å². The third-order valence-electron chi connectivity index (χ3n) is 5.20. The summed E-state index contributed by atoms with van der Waals surface area (Å²) in [5.41, 5.74) is 2.77. The second kappa shape index (κ2) is 8.86. The van der Waals surface area contributed by atoms with Crippen LogP contribution in [0.2, 0.25) is 0 Å². The Kier molecular flexibility index (Phi) is 5.83. The minimum atomic E-state index is -0.467. The topological polar surface area (TPSA) is 96.6 Å². The van der Waals surface area contributed by atoms with Crippen molar-refractivity contribution >= 4 is 28.7 Å². The highest BCUT2D eigenvalue weighted by Crippen LogP contribution is 2.15. The number of fused-ring (bicyclic) bond motifs is 1. The zero-order valence-corrected chi connectivity index (χ0v) is 16.6. The van der Waals surface area contributed by atoms with Crippen molar-refractivity contribution in [1.29, 1.82) is 0 Å². The van der Waals surface area contributed by atoms with Gasteiger partial charge < -0.3 is 20.0 Å². The first-order valence-electron chi connectivity index (χ1n) is 10.1. The summed E-state index contributed by atoms with van der Waals surface area (Å²) in [6.07, 6.45) is 2.25. The largest absolute Gasteiger partial charge is 0.419 e. The molecule has 3 aromatic rings. The molecule has 1 aliphatic rings. The van der Waals surface area contributed by atoms with E-state index in [9.17, 15) is 14.4 Å². The molecule has 2 aromatic carbocycles. The van der Waals surface area contributed by atoms with Crippen molar-refractivity contribution in [2.45, 2.75) is 32.4 Å². The van der Waals surface area contributed by atoms with Crippen LogP contribution in [0.3, 0.4) is 0 Å². The Hall–Kier alpha value is -3.55. The minimum absolute atomic E-state index is 0.0912. The molecule has 0 aliphatic carbocycles. The zero-order valence-electron chi connectivity index (χ0n) is 16.6. The highest BCUT2D eigenvalue weighted by Gasteiger charge is 2.17. The number of carbonyl (C=O) groups is 2. The Morgan fingerprint density at radius 2 is 1.83 bits per heavy atom. The molecule has 1 aromatic heterocycles. The molecule has 1 fully saturated rings. The molecule has 0 spiro atoms. The van der Waals surface area contributed by atoms with E-state index in [-0.39, 0.29) is 24.9 Å². The lowest BCUT2D eigenvalue weighted by Gasteiger charge is -2.16. The zero-order chi connectivity index (χ0) is 20.9. The van der Waals surface area contributed by atoms with E-state index in [1.54, 1.807) is 23.1 Å². The van der Waals surface area contributed by atoms with Gasteiger partial charge in [-0.25, -0.2) is 9.59 Å². The average Bonchev–Trinajstić information content (AvgIpc) is 3.39. The van der Waals surface area contributed by atoms with Crippen LogP contribution in [-0.4, -0.2) is 34.5 Å². The van der Waals surface area contributed by atoms with Gasteiger partial charge in [0.05, 0.1) is 5.52 Å². The van der Waals surface area contributed by atoms with Crippen LogP contribution in [0.4, 0.5) is 10.5 Å². The van der Waals surface area contributed by atoms with Crippen molar-refractivity contribution in [2.75, 3.05) is 18.4 Å². The van der Waals surface area contributed by atoms with Gasteiger partial charge in [-0.3, -0.25) is 9.36 Å². The van der Waals surface area contributed by atoms with Gasteiger partial charge in [0.15, 0.2) is 5.58 Å². The summed E-state index contributed by atoms with van der Waals surface area (Å²) in [5, 5.41) is 5.76. The van der Waals surface area contributed by atoms with Crippen LogP contribution in [0, 0.1) is 0 Å². The van der Waals surface area contributed by atoms with Crippen molar-refractivity contribution < 1.29 is 14.0 Å². The fourth-order valence-electron chi connectivity index (χ4n) is 3.61. The number of hydrogen-bond acceptors (Lipinski definition) is 4. The second-order valence-electron chi connectivity index (χ2n) is 7.34. The predicted molar refractivity (Wildman–Crippen MR) is 113 cm³/mol. The quantitative estimate of drug-likeness (QED) is 0.655. The van der Waals surface area contributed by atoms with Crippen LogP contribution in [-0.2, 0) is 17.9 Å². The number of anilines is 1. The smallest absolute Gasteiger partial charge is 0.408 e. The number of amides is 3. The van der Waals surface area contributed by atoms with Gasteiger partial charge in [-0.15, -0.1) is 0 Å². The predicted octanol–water partition coefficient (Wildman–Crippen LogP) is 2.93. The molecule has 8 heteroatoms. The van der Waals surface area contributed by atoms with Crippen LogP contribution in [0.5, 0.6) is 0 Å². The van der Waals surface area contributed by atoms with Gasteiger partial charge >= 0.3 is 11.8 Å². The van der Waals surface area contributed by atoms with Gasteiger partial charge in [0, 0.05) is 38.3 Å². The number of rotatable bonds is 6. The third-order valence-corrected chi connectivity index (χ3v) is 5.20. The maximum absolute atomic E-state index is 12.3. The first kappa shape index (κ1) is 19.8. The molecular formula is C22H24N4O4. The van der Waals surface area contributed by atoms with Gasteiger partial charge in [0.2, 0.25) is 5.91 Å². The molecular weight excluding hydrogens is 384 g/mol. The van der Waals surface area contributed by atoms with Gasteiger partial charge in [-0.1, -0.05) is 24.3 Å². The number of benzene rings is 2. The number of para-hydroxylation sites is 2. The van der Waals surface area contributed by atoms with Crippen molar-refractivity contribution in [3.63, 3.8) is 0 Å². The Labute approximate surface area is 173 Å². The Morgan fingerprint density at radius 1 is 1.03 bits per heavy atom. The number of hydrogen-bond donors (Lipinski definition) is 2. The highest BCUT2D eigenvalue weighted by atomic mass is 16.4. The third kappa shape index (κ3) is 4.53. The maximum Gasteiger partial charge on any atom is 0.419 e. The van der Waals surface area contributed by atoms with Crippen LogP contribution >= 0.6 is 0 Å². The number of nitrogens with zero attached hydrogens (tertiary/aromatic N) is 2. The number of nitrogens with one attached hydrogen (secondary N) is 2. The Bertz CT molecular complexity index is 1110. The SMILES string of the molecule is O=C(CCn1c(=O)oc2ccccc21)NCc1cccc(NC(=O)N2CCCC2)c1. The number of oxazole rings is 1. The Balaban J connectivity index is 1.30. The molecule has 30 heavy (non-hydrogen) atoms. The van der Waals surface area contributed by atoms with Crippen LogP contribution in [0.25, 0.3) is 11.1 Å². The van der Waals surface area contributed by atoms with E-state index in [4.69, 9.17) is 4.42 Å². The normalized spacial score (nSPS) is 13.5. The van der Waals surface area contributed by atoms with Crippen molar-refractivity contribution in [3.05, 3.63) is 64.6 Å². The van der Waals surface area contributed by atoms with E-state index in [1.165, 1.54) is 4.57 Å². The fraction of sp³-hybridized carbons (Fsp3) is 0.318. The maximum atomic E-state index is 12.3. The van der Waals surface area contributed by atoms with Crippen molar-refractivity contribution in [2.24, 2.45) is 0 Å². The molecule has 2 heterocycles. The summed E-state index contributed by atoms with van der Waals surface area (Å²) in [6.45, 7) is 2.16. The summed E-state index contributed by atoms with van der Waals surface area (Å²) < 4.78 is 6.64. The summed E-state index contributed by atoms with van der Waals surface area (Å²) >= 11 is 0. The molecule has 2 N–H and O–H groups in total. The van der Waals surface area contributed by atoms with E-state index in [0.717, 1.165) is 31.5 Å². The molecule has 1 aliphatic heterocycles. The van der Waals surface area contributed by atoms with E-state index in [2.05, 4.69) is 10.6 Å². The summed E-state index contributed by atoms with van der Waals surface area (Å²) in [7, 11) is 0. The minimum Gasteiger partial charge on any atom is -0.408 e. The van der Waals surface area contributed by atoms with E-state index in [1.807, 2.05) is 30.3 Å². The van der Waals surface area contributed by atoms with Gasteiger partial charge in [0.1, 0.15) is 0 Å².